The van der Waals surface area contributed by atoms with Crippen LogP contribution in [0, 0.1) is 5.82 Å². The highest BCUT2D eigenvalue weighted by atomic mass is 19.1. The predicted octanol–water partition coefficient (Wildman–Crippen LogP) is 1.32. The number of nitrogens with zero attached hydrogens (tertiary/aromatic N) is 3. The van der Waals surface area contributed by atoms with Gasteiger partial charge in [0, 0.05) is 51.4 Å². The average molecular weight is 335 g/mol. The minimum atomic E-state index is -0.242. The van der Waals surface area contributed by atoms with Gasteiger partial charge in [-0.2, -0.15) is 0 Å². The molecule has 2 heterocycles. The van der Waals surface area contributed by atoms with Crippen molar-refractivity contribution in [3.8, 4) is 0 Å². The third-order valence-corrected chi connectivity index (χ3v) is 4.95. The number of aliphatic hydroxyl groups is 1. The summed E-state index contributed by atoms with van der Waals surface area (Å²) in [6, 6.07) is 6.52. The van der Waals surface area contributed by atoms with Crippen molar-refractivity contribution in [3.05, 3.63) is 30.1 Å². The molecule has 1 N–H and O–H groups in total. The molecular weight excluding hydrogens is 309 g/mol. The number of halogens is 1. The van der Waals surface area contributed by atoms with Crippen LogP contribution >= 0.6 is 0 Å². The third-order valence-electron chi connectivity index (χ3n) is 4.95. The number of piperazine rings is 1. The summed E-state index contributed by atoms with van der Waals surface area (Å²) < 4.78 is 13.0. The summed E-state index contributed by atoms with van der Waals surface area (Å²) >= 11 is 0. The molecular formula is C18H26FN3O2. The third kappa shape index (κ3) is 4.45. The lowest BCUT2D eigenvalue weighted by Gasteiger charge is -2.37. The first kappa shape index (κ1) is 17.2. The van der Waals surface area contributed by atoms with E-state index in [0.717, 1.165) is 44.7 Å². The van der Waals surface area contributed by atoms with Gasteiger partial charge in [0.15, 0.2) is 0 Å². The maximum Gasteiger partial charge on any atom is 0.223 e. The number of anilines is 1. The van der Waals surface area contributed by atoms with Gasteiger partial charge in [-0.05, 0) is 43.7 Å². The Kier molecular flexibility index (Phi) is 5.68. The molecule has 1 aromatic rings. The number of rotatable bonds is 4. The van der Waals surface area contributed by atoms with Crippen LogP contribution in [0.25, 0.3) is 0 Å². The second-order valence-electron chi connectivity index (χ2n) is 6.69. The Hall–Kier alpha value is -1.66. The Morgan fingerprint density at radius 3 is 2.50 bits per heavy atom. The largest absolute Gasteiger partial charge is 0.392 e. The van der Waals surface area contributed by atoms with Crippen molar-refractivity contribution in [1.29, 1.82) is 0 Å². The van der Waals surface area contributed by atoms with Crippen LogP contribution in [-0.2, 0) is 4.79 Å². The van der Waals surface area contributed by atoms with Crippen molar-refractivity contribution in [2.24, 2.45) is 0 Å². The topological polar surface area (TPSA) is 47.0 Å². The second-order valence-corrected chi connectivity index (χ2v) is 6.69. The van der Waals surface area contributed by atoms with E-state index >= 15 is 0 Å². The lowest BCUT2D eigenvalue weighted by Crippen LogP contribution is -2.49. The van der Waals surface area contributed by atoms with Crippen LogP contribution in [0.3, 0.4) is 0 Å². The number of piperidine rings is 1. The number of hydrogen-bond acceptors (Lipinski definition) is 4. The fourth-order valence-electron chi connectivity index (χ4n) is 3.51. The molecule has 0 spiro atoms. The van der Waals surface area contributed by atoms with E-state index in [1.165, 1.54) is 12.1 Å². The van der Waals surface area contributed by atoms with Crippen molar-refractivity contribution in [1.82, 2.24) is 9.80 Å². The van der Waals surface area contributed by atoms with Gasteiger partial charge in [0.1, 0.15) is 5.82 Å². The van der Waals surface area contributed by atoms with Crippen molar-refractivity contribution in [2.45, 2.75) is 25.4 Å². The second kappa shape index (κ2) is 7.94. The van der Waals surface area contributed by atoms with Gasteiger partial charge >= 0.3 is 0 Å². The van der Waals surface area contributed by atoms with E-state index in [1.54, 1.807) is 12.1 Å². The SMILES string of the molecule is O=C(CCN1CCC[C@H](O)C1)N1CCN(c2ccc(F)cc2)CC1. The minimum absolute atomic E-state index is 0.189. The van der Waals surface area contributed by atoms with E-state index < -0.39 is 0 Å². The first-order chi connectivity index (χ1) is 11.6. The molecule has 2 fully saturated rings. The number of carbonyl (C=O) groups excluding carboxylic acids is 1. The van der Waals surface area contributed by atoms with Gasteiger partial charge in [-0.3, -0.25) is 4.79 Å². The number of hydrogen-bond donors (Lipinski definition) is 1. The lowest BCUT2D eigenvalue weighted by atomic mass is 10.1. The van der Waals surface area contributed by atoms with Crippen LogP contribution in [-0.4, -0.2) is 72.7 Å². The van der Waals surface area contributed by atoms with E-state index in [0.29, 0.717) is 26.1 Å². The smallest absolute Gasteiger partial charge is 0.223 e. The molecule has 3 rings (SSSR count). The number of benzene rings is 1. The maximum absolute atomic E-state index is 13.0. The van der Waals surface area contributed by atoms with Gasteiger partial charge in [0.05, 0.1) is 6.10 Å². The molecule has 1 atom stereocenters. The molecule has 5 nitrogen and oxygen atoms in total. The zero-order valence-corrected chi connectivity index (χ0v) is 14.0. The molecule has 2 aliphatic heterocycles. The van der Waals surface area contributed by atoms with Crippen LogP contribution in [0.5, 0.6) is 0 Å². The van der Waals surface area contributed by atoms with E-state index in [9.17, 15) is 14.3 Å². The molecule has 0 aliphatic carbocycles. The molecule has 1 amide bonds. The van der Waals surface area contributed by atoms with Gasteiger partial charge in [0.25, 0.3) is 0 Å². The van der Waals surface area contributed by atoms with Gasteiger partial charge in [-0.1, -0.05) is 0 Å². The van der Waals surface area contributed by atoms with Crippen LogP contribution in [0.15, 0.2) is 24.3 Å². The Labute approximate surface area is 142 Å². The lowest BCUT2D eigenvalue weighted by molar-refractivity contribution is -0.132. The summed E-state index contributed by atoms with van der Waals surface area (Å²) in [6.45, 7) is 5.36. The molecule has 0 saturated carbocycles. The number of amides is 1. The summed E-state index contributed by atoms with van der Waals surface area (Å²) in [6.07, 6.45) is 2.15. The Balaban J connectivity index is 1.42. The maximum atomic E-state index is 13.0. The van der Waals surface area contributed by atoms with Crippen LogP contribution in [0.4, 0.5) is 10.1 Å². The fraction of sp³-hybridized carbons (Fsp3) is 0.611. The molecule has 1 aromatic carbocycles. The summed E-state index contributed by atoms with van der Waals surface area (Å²) in [5.74, 6) is -0.0378. The number of carbonyl (C=O) groups is 1. The van der Waals surface area contributed by atoms with E-state index in [2.05, 4.69) is 9.80 Å². The molecule has 2 saturated heterocycles. The van der Waals surface area contributed by atoms with Crippen LogP contribution < -0.4 is 4.90 Å². The molecule has 132 valence electrons. The highest BCUT2D eigenvalue weighted by Gasteiger charge is 2.23. The molecule has 24 heavy (non-hydrogen) atoms. The zero-order valence-electron chi connectivity index (χ0n) is 14.0. The van der Waals surface area contributed by atoms with Crippen molar-refractivity contribution >= 4 is 11.6 Å². The van der Waals surface area contributed by atoms with E-state index in [1.807, 2.05) is 4.90 Å². The van der Waals surface area contributed by atoms with Gasteiger partial charge in [-0.15, -0.1) is 0 Å². The molecule has 0 aromatic heterocycles. The number of likely N-dealkylation sites (tertiary alicyclic amines) is 1. The molecule has 0 unspecified atom stereocenters. The predicted molar refractivity (Wildman–Crippen MR) is 91.5 cm³/mol. The van der Waals surface area contributed by atoms with Gasteiger partial charge in [0.2, 0.25) is 5.91 Å². The molecule has 0 bridgehead atoms. The molecule has 6 heteroatoms. The Morgan fingerprint density at radius 1 is 1.12 bits per heavy atom. The quantitative estimate of drug-likeness (QED) is 0.902. The summed E-state index contributed by atoms with van der Waals surface area (Å²) in [5, 5.41) is 9.68. The normalized spacial score (nSPS) is 22.7. The highest BCUT2D eigenvalue weighted by molar-refractivity contribution is 5.76. The molecule has 0 radical (unpaired) electrons. The zero-order chi connectivity index (χ0) is 16.9. The molecule has 2 aliphatic rings. The fourth-order valence-corrected chi connectivity index (χ4v) is 3.51. The van der Waals surface area contributed by atoms with E-state index in [4.69, 9.17) is 0 Å². The first-order valence-corrected chi connectivity index (χ1v) is 8.80. The monoisotopic (exact) mass is 335 g/mol. The van der Waals surface area contributed by atoms with Crippen molar-refractivity contribution in [3.63, 3.8) is 0 Å². The van der Waals surface area contributed by atoms with Gasteiger partial charge in [-0.25, -0.2) is 4.39 Å². The van der Waals surface area contributed by atoms with Crippen molar-refractivity contribution in [2.75, 3.05) is 50.7 Å². The average Bonchev–Trinajstić information content (AvgIpc) is 2.61. The Morgan fingerprint density at radius 2 is 1.83 bits per heavy atom. The van der Waals surface area contributed by atoms with Crippen molar-refractivity contribution < 1.29 is 14.3 Å². The minimum Gasteiger partial charge on any atom is -0.392 e. The number of β-amino-alcohol motifs (C(OH)–C–C–N with tert-alkyl or cyclic N) is 1. The standard InChI is InChI=1S/C18H26FN3O2/c19-15-3-5-16(6-4-15)21-10-12-22(13-11-21)18(24)7-9-20-8-1-2-17(23)14-20/h3-6,17,23H,1-2,7-14H2/t17-/m0/s1. The van der Waals surface area contributed by atoms with Crippen LogP contribution in [0.2, 0.25) is 0 Å². The number of aliphatic hydroxyl groups excluding tert-OH is 1. The summed E-state index contributed by atoms with van der Waals surface area (Å²) in [4.78, 5) is 18.7. The summed E-state index contributed by atoms with van der Waals surface area (Å²) in [7, 11) is 0. The first-order valence-electron chi connectivity index (χ1n) is 8.80. The highest BCUT2D eigenvalue weighted by Crippen LogP contribution is 2.17. The van der Waals surface area contributed by atoms with Gasteiger partial charge < -0.3 is 19.8 Å². The van der Waals surface area contributed by atoms with E-state index in [-0.39, 0.29) is 17.8 Å². The Bertz CT molecular complexity index is 544. The van der Waals surface area contributed by atoms with Crippen LogP contribution in [0.1, 0.15) is 19.3 Å². The summed E-state index contributed by atoms with van der Waals surface area (Å²) in [5.41, 5.74) is 1.01.